The number of rotatable bonds is 17. The molecular weight excluding hydrogens is 441 g/mol. The Morgan fingerprint density at radius 1 is 0.800 bits per heavy atom. The molecule has 1 saturated heterocycles. The number of hydrogen-bond donors (Lipinski definition) is 0. The van der Waals surface area contributed by atoms with E-state index in [1.807, 2.05) is 16.7 Å². The van der Waals surface area contributed by atoms with E-state index in [1.54, 1.807) is 12.1 Å². The number of benzene rings is 1. The number of halogens is 1. The Hall–Kier alpha value is -1.95. The fourth-order valence-electron chi connectivity index (χ4n) is 4.70. The molecule has 1 fully saturated rings. The summed E-state index contributed by atoms with van der Waals surface area (Å²) in [5.41, 5.74) is 0.947. The Labute approximate surface area is 213 Å². The molecule has 1 aromatic rings. The first-order valence-electron chi connectivity index (χ1n) is 14.1. The quantitative estimate of drug-likeness (QED) is 0.251. The third-order valence-corrected chi connectivity index (χ3v) is 7.01. The highest BCUT2D eigenvalue weighted by atomic mass is 19.1. The highest BCUT2D eigenvalue weighted by Crippen LogP contribution is 2.13. The van der Waals surface area contributed by atoms with Crippen LogP contribution in [0.3, 0.4) is 0 Å². The molecule has 0 aliphatic carbocycles. The molecule has 0 N–H and O–H groups in total. The van der Waals surface area contributed by atoms with Crippen molar-refractivity contribution in [1.29, 1.82) is 0 Å². The van der Waals surface area contributed by atoms with Gasteiger partial charge in [0, 0.05) is 58.7 Å². The first kappa shape index (κ1) is 29.3. The molecule has 0 atom stereocenters. The summed E-state index contributed by atoms with van der Waals surface area (Å²) in [7, 11) is 0. The SMILES string of the molecule is CCCCCCCCCCCC(=O)N1CCN(CCN(Cc2ccc(F)cc2)C(=O)CCC)CC1. The van der Waals surface area contributed by atoms with Crippen LogP contribution < -0.4 is 0 Å². The maximum Gasteiger partial charge on any atom is 0.222 e. The van der Waals surface area contributed by atoms with Gasteiger partial charge in [0.1, 0.15) is 5.82 Å². The van der Waals surface area contributed by atoms with E-state index in [-0.39, 0.29) is 11.7 Å². The molecule has 1 heterocycles. The summed E-state index contributed by atoms with van der Waals surface area (Å²) in [6, 6.07) is 6.39. The number of nitrogens with zero attached hydrogens (tertiary/aromatic N) is 3. The van der Waals surface area contributed by atoms with E-state index < -0.39 is 0 Å². The van der Waals surface area contributed by atoms with E-state index in [1.165, 1.54) is 57.1 Å². The van der Waals surface area contributed by atoms with Crippen molar-refractivity contribution in [3.63, 3.8) is 0 Å². The molecule has 35 heavy (non-hydrogen) atoms. The minimum atomic E-state index is -0.259. The van der Waals surface area contributed by atoms with Crippen molar-refractivity contribution in [3.8, 4) is 0 Å². The summed E-state index contributed by atoms with van der Waals surface area (Å²) < 4.78 is 13.2. The highest BCUT2D eigenvalue weighted by molar-refractivity contribution is 5.76. The molecule has 0 spiro atoms. The van der Waals surface area contributed by atoms with E-state index in [0.717, 1.165) is 57.5 Å². The van der Waals surface area contributed by atoms with Gasteiger partial charge in [0.05, 0.1) is 0 Å². The van der Waals surface area contributed by atoms with E-state index in [4.69, 9.17) is 0 Å². The van der Waals surface area contributed by atoms with Gasteiger partial charge in [0.2, 0.25) is 11.8 Å². The maximum absolute atomic E-state index is 13.2. The lowest BCUT2D eigenvalue weighted by Gasteiger charge is -2.36. The Balaban J connectivity index is 1.64. The minimum Gasteiger partial charge on any atom is -0.340 e. The summed E-state index contributed by atoms with van der Waals surface area (Å²) in [6.45, 7) is 9.49. The molecule has 1 aliphatic heterocycles. The smallest absolute Gasteiger partial charge is 0.222 e. The fourth-order valence-corrected chi connectivity index (χ4v) is 4.70. The Bertz CT molecular complexity index is 717. The molecule has 0 bridgehead atoms. The summed E-state index contributed by atoms with van der Waals surface area (Å²) >= 11 is 0. The molecule has 0 unspecified atom stereocenters. The van der Waals surface area contributed by atoms with Crippen LogP contribution in [0, 0.1) is 5.82 Å². The topological polar surface area (TPSA) is 43.9 Å². The van der Waals surface area contributed by atoms with Crippen molar-refractivity contribution in [2.75, 3.05) is 39.3 Å². The molecular formula is C29H48FN3O2. The fraction of sp³-hybridized carbons (Fsp3) is 0.724. The number of carbonyl (C=O) groups excluding carboxylic acids is 2. The highest BCUT2D eigenvalue weighted by Gasteiger charge is 2.22. The van der Waals surface area contributed by atoms with Gasteiger partial charge in [-0.3, -0.25) is 14.5 Å². The Morgan fingerprint density at radius 2 is 1.40 bits per heavy atom. The largest absolute Gasteiger partial charge is 0.340 e. The lowest BCUT2D eigenvalue weighted by atomic mass is 10.1. The zero-order valence-electron chi connectivity index (χ0n) is 22.3. The lowest BCUT2D eigenvalue weighted by Crippen LogP contribution is -2.50. The first-order valence-corrected chi connectivity index (χ1v) is 14.1. The van der Waals surface area contributed by atoms with E-state index in [2.05, 4.69) is 11.8 Å². The summed E-state index contributed by atoms with van der Waals surface area (Å²) in [4.78, 5) is 31.5. The molecule has 1 aliphatic rings. The number of amides is 2. The van der Waals surface area contributed by atoms with Gasteiger partial charge >= 0.3 is 0 Å². The number of hydrogen-bond acceptors (Lipinski definition) is 3. The van der Waals surface area contributed by atoms with Crippen molar-refractivity contribution in [3.05, 3.63) is 35.6 Å². The molecule has 0 radical (unpaired) electrons. The zero-order valence-corrected chi connectivity index (χ0v) is 22.3. The van der Waals surface area contributed by atoms with Crippen LogP contribution in [0.4, 0.5) is 4.39 Å². The van der Waals surface area contributed by atoms with Gasteiger partial charge in [0.25, 0.3) is 0 Å². The first-order chi connectivity index (χ1) is 17.0. The van der Waals surface area contributed by atoms with Crippen molar-refractivity contribution in [1.82, 2.24) is 14.7 Å². The van der Waals surface area contributed by atoms with E-state index in [0.29, 0.717) is 31.8 Å². The molecule has 6 heteroatoms. The molecule has 0 saturated carbocycles. The van der Waals surface area contributed by atoms with Crippen molar-refractivity contribution in [2.45, 2.75) is 97.4 Å². The van der Waals surface area contributed by atoms with Crippen LogP contribution in [-0.4, -0.2) is 65.8 Å². The average molecular weight is 490 g/mol. The summed E-state index contributed by atoms with van der Waals surface area (Å²) in [6.07, 6.45) is 13.4. The molecule has 198 valence electrons. The third-order valence-electron chi connectivity index (χ3n) is 7.01. The monoisotopic (exact) mass is 489 g/mol. The van der Waals surface area contributed by atoms with Crippen molar-refractivity contribution in [2.24, 2.45) is 0 Å². The molecule has 0 aromatic heterocycles. The lowest BCUT2D eigenvalue weighted by molar-refractivity contribution is -0.133. The maximum atomic E-state index is 13.2. The number of carbonyl (C=O) groups is 2. The Morgan fingerprint density at radius 3 is 2.00 bits per heavy atom. The molecule has 2 rings (SSSR count). The normalized spacial score (nSPS) is 14.3. The van der Waals surface area contributed by atoms with E-state index in [9.17, 15) is 14.0 Å². The number of unbranched alkanes of at least 4 members (excludes halogenated alkanes) is 8. The van der Waals surface area contributed by atoms with Crippen LogP contribution >= 0.6 is 0 Å². The zero-order chi connectivity index (χ0) is 25.3. The Kier molecular flexibility index (Phi) is 14.6. The van der Waals surface area contributed by atoms with Crippen LogP contribution in [0.1, 0.15) is 96.5 Å². The van der Waals surface area contributed by atoms with Gasteiger partial charge in [0.15, 0.2) is 0 Å². The van der Waals surface area contributed by atoms with Crippen LogP contribution in [0.25, 0.3) is 0 Å². The predicted molar refractivity (Wildman–Crippen MR) is 142 cm³/mol. The van der Waals surface area contributed by atoms with Crippen LogP contribution in [-0.2, 0) is 16.1 Å². The van der Waals surface area contributed by atoms with Crippen LogP contribution in [0.2, 0.25) is 0 Å². The van der Waals surface area contributed by atoms with Crippen LogP contribution in [0.15, 0.2) is 24.3 Å². The van der Waals surface area contributed by atoms with Gasteiger partial charge in [-0.05, 0) is 30.5 Å². The third kappa shape index (κ3) is 12.0. The van der Waals surface area contributed by atoms with E-state index >= 15 is 0 Å². The molecule has 2 amide bonds. The molecule has 1 aromatic carbocycles. The van der Waals surface area contributed by atoms with Gasteiger partial charge < -0.3 is 9.80 Å². The predicted octanol–water partition coefficient (Wildman–Crippen LogP) is 6.02. The standard InChI is InChI=1S/C29H48FN3O2/c1-3-5-6-7-8-9-10-11-12-14-29(35)32-22-19-31(20-23-32)21-24-33(28(34)13-4-2)25-26-15-17-27(30)18-16-26/h15-18H,3-14,19-25H2,1-2H3. The molecule has 5 nitrogen and oxygen atoms in total. The van der Waals surface area contributed by atoms with Crippen molar-refractivity contribution < 1.29 is 14.0 Å². The van der Waals surface area contributed by atoms with Crippen LogP contribution in [0.5, 0.6) is 0 Å². The minimum absolute atomic E-state index is 0.145. The summed E-state index contributed by atoms with van der Waals surface area (Å²) in [5.74, 6) is 0.181. The van der Waals surface area contributed by atoms with Gasteiger partial charge in [-0.1, -0.05) is 77.3 Å². The number of piperazine rings is 1. The second kappa shape index (κ2) is 17.5. The van der Waals surface area contributed by atoms with Gasteiger partial charge in [-0.2, -0.15) is 0 Å². The van der Waals surface area contributed by atoms with Gasteiger partial charge in [-0.15, -0.1) is 0 Å². The van der Waals surface area contributed by atoms with Crippen molar-refractivity contribution >= 4 is 11.8 Å². The average Bonchev–Trinajstić information content (AvgIpc) is 2.87. The second-order valence-electron chi connectivity index (χ2n) is 9.99. The second-order valence-corrected chi connectivity index (χ2v) is 9.99. The van der Waals surface area contributed by atoms with Gasteiger partial charge in [-0.25, -0.2) is 4.39 Å². The summed E-state index contributed by atoms with van der Waals surface area (Å²) in [5, 5.41) is 0.